The van der Waals surface area contributed by atoms with E-state index in [0.717, 1.165) is 0 Å². The van der Waals surface area contributed by atoms with E-state index < -0.39 is 16.1 Å². The van der Waals surface area contributed by atoms with Gasteiger partial charge in [-0.3, -0.25) is 9.52 Å². The van der Waals surface area contributed by atoms with Crippen molar-refractivity contribution in [1.29, 1.82) is 0 Å². The summed E-state index contributed by atoms with van der Waals surface area (Å²) in [4.78, 5) is 13.6. The number of benzene rings is 3. The Kier molecular flexibility index (Phi) is 5.73. The monoisotopic (exact) mass is 471 g/mol. The first-order valence-corrected chi connectivity index (χ1v) is 12.2. The molecule has 3 aromatic carbocycles. The fourth-order valence-electron chi connectivity index (χ4n) is 3.93. The van der Waals surface area contributed by atoms with Gasteiger partial charge in [0.2, 0.25) is 0 Å². The minimum absolute atomic E-state index is 0.154. The first-order valence-electron chi connectivity index (χ1n) is 10.7. The van der Waals surface area contributed by atoms with Crippen molar-refractivity contribution in [1.82, 2.24) is 5.01 Å². The Morgan fingerprint density at radius 3 is 2.26 bits per heavy atom. The summed E-state index contributed by atoms with van der Waals surface area (Å²) in [6.07, 6.45) is 1.92. The predicted octanol–water partition coefficient (Wildman–Crippen LogP) is 5.07. The van der Waals surface area contributed by atoms with Crippen molar-refractivity contribution in [2.45, 2.75) is 17.4 Å². The molecule has 1 amide bonds. The molecule has 0 fully saturated rings. The quantitative estimate of drug-likeness (QED) is 0.425. The number of hydrogen-bond acceptors (Lipinski definition) is 5. The fraction of sp³-hybridized carbons (Fsp3) is 0.0769. The van der Waals surface area contributed by atoms with Crippen LogP contribution in [0.4, 0.5) is 5.69 Å². The standard InChI is InChI=1S/C26H21N3O4S/c30-26(19-10-3-1-4-11-19)29-24(18-23(27-29)25-16-9-17-33-25)21-14-7-8-15-22(21)28-34(31,32)20-12-5-2-6-13-20/h1-17,24,28H,18H2/t24-/m0/s1. The second kappa shape index (κ2) is 8.99. The molecule has 1 aliphatic heterocycles. The normalized spacial score (nSPS) is 15.7. The van der Waals surface area contributed by atoms with E-state index in [-0.39, 0.29) is 10.8 Å². The number of hydrazone groups is 1. The van der Waals surface area contributed by atoms with Gasteiger partial charge in [0, 0.05) is 17.5 Å². The van der Waals surface area contributed by atoms with Crippen LogP contribution in [0.15, 0.2) is 118 Å². The molecular weight excluding hydrogens is 450 g/mol. The van der Waals surface area contributed by atoms with Crippen LogP contribution in [-0.2, 0) is 10.0 Å². The van der Waals surface area contributed by atoms with Gasteiger partial charge in [-0.1, -0.05) is 54.6 Å². The van der Waals surface area contributed by atoms with Gasteiger partial charge in [0.15, 0.2) is 0 Å². The molecule has 0 radical (unpaired) electrons. The van der Waals surface area contributed by atoms with Crippen molar-refractivity contribution in [2.75, 3.05) is 4.72 Å². The minimum atomic E-state index is -3.82. The molecule has 0 unspecified atom stereocenters. The Hall–Kier alpha value is -4.17. The van der Waals surface area contributed by atoms with Gasteiger partial charge in [0.25, 0.3) is 15.9 Å². The Morgan fingerprint density at radius 1 is 0.882 bits per heavy atom. The first-order chi connectivity index (χ1) is 16.5. The van der Waals surface area contributed by atoms with Gasteiger partial charge >= 0.3 is 0 Å². The lowest BCUT2D eigenvalue weighted by Crippen LogP contribution is -2.28. The van der Waals surface area contributed by atoms with Gasteiger partial charge in [-0.15, -0.1) is 0 Å². The summed E-state index contributed by atoms with van der Waals surface area (Å²) in [6.45, 7) is 0. The Labute approximate surface area is 197 Å². The van der Waals surface area contributed by atoms with Crippen LogP contribution < -0.4 is 4.72 Å². The van der Waals surface area contributed by atoms with Crippen molar-refractivity contribution >= 4 is 27.3 Å². The van der Waals surface area contributed by atoms with Gasteiger partial charge in [-0.25, -0.2) is 13.4 Å². The molecule has 2 heterocycles. The third-order valence-corrected chi connectivity index (χ3v) is 6.94. The number of carbonyl (C=O) groups excluding carboxylic acids is 1. The van der Waals surface area contributed by atoms with Crippen LogP contribution >= 0.6 is 0 Å². The van der Waals surface area contributed by atoms with E-state index in [1.165, 1.54) is 17.1 Å². The number of nitrogens with zero attached hydrogens (tertiary/aromatic N) is 2. The Balaban J connectivity index is 1.54. The lowest BCUT2D eigenvalue weighted by Gasteiger charge is -2.24. The van der Waals surface area contributed by atoms with Crippen LogP contribution in [0.1, 0.15) is 34.1 Å². The number of sulfonamides is 1. The Bertz CT molecular complexity index is 1430. The van der Waals surface area contributed by atoms with Gasteiger partial charge in [-0.2, -0.15) is 5.10 Å². The maximum Gasteiger partial charge on any atom is 0.274 e. The average molecular weight is 472 g/mol. The molecule has 1 aliphatic rings. The first kappa shape index (κ1) is 21.7. The zero-order valence-electron chi connectivity index (χ0n) is 18.0. The number of carbonyl (C=O) groups is 1. The third kappa shape index (κ3) is 4.23. The van der Waals surface area contributed by atoms with Crippen molar-refractivity contribution < 1.29 is 17.6 Å². The summed E-state index contributed by atoms with van der Waals surface area (Å²) in [5.41, 5.74) is 2.12. The number of anilines is 1. The van der Waals surface area contributed by atoms with E-state index in [1.807, 2.05) is 12.1 Å². The average Bonchev–Trinajstić information content (AvgIpc) is 3.55. The van der Waals surface area contributed by atoms with E-state index >= 15 is 0 Å². The lowest BCUT2D eigenvalue weighted by molar-refractivity contribution is 0.0712. The summed E-state index contributed by atoms with van der Waals surface area (Å²) < 4.78 is 34.3. The van der Waals surface area contributed by atoms with Crippen LogP contribution in [0.2, 0.25) is 0 Å². The molecule has 0 saturated carbocycles. The lowest BCUT2D eigenvalue weighted by atomic mass is 9.99. The zero-order chi connectivity index (χ0) is 23.5. The van der Waals surface area contributed by atoms with Gasteiger partial charge in [0.05, 0.1) is 22.9 Å². The largest absolute Gasteiger partial charge is 0.463 e. The van der Waals surface area contributed by atoms with E-state index in [1.54, 1.807) is 79.1 Å². The zero-order valence-corrected chi connectivity index (χ0v) is 18.9. The summed E-state index contributed by atoms with van der Waals surface area (Å²) in [5.74, 6) is 0.281. The predicted molar refractivity (Wildman–Crippen MR) is 129 cm³/mol. The Morgan fingerprint density at radius 2 is 1.56 bits per heavy atom. The highest BCUT2D eigenvalue weighted by atomic mass is 32.2. The molecule has 34 heavy (non-hydrogen) atoms. The van der Waals surface area contributed by atoms with Crippen LogP contribution in [0, 0.1) is 0 Å². The molecule has 1 N–H and O–H groups in total. The van der Waals surface area contributed by atoms with Gasteiger partial charge in [0.1, 0.15) is 11.5 Å². The second-order valence-electron chi connectivity index (χ2n) is 7.77. The second-order valence-corrected chi connectivity index (χ2v) is 9.45. The molecule has 5 rings (SSSR count). The smallest absolute Gasteiger partial charge is 0.274 e. The van der Waals surface area contributed by atoms with E-state index in [4.69, 9.17) is 4.42 Å². The summed E-state index contributed by atoms with van der Waals surface area (Å²) in [7, 11) is -3.82. The van der Waals surface area contributed by atoms with Crippen LogP contribution in [0.5, 0.6) is 0 Å². The van der Waals surface area contributed by atoms with Gasteiger partial charge < -0.3 is 4.42 Å². The van der Waals surface area contributed by atoms with Crippen molar-refractivity contribution in [3.05, 3.63) is 120 Å². The molecule has 0 saturated heterocycles. The molecular formula is C26H21N3O4S. The molecule has 4 aromatic rings. The molecule has 0 bridgehead atoms. The number of furan rings is 1. The summed E-state index contributed by atoms with van der Waals surface area (Å²) >= 11 is 0. The molecule has 7 nitrogen and oxygen atoms in total. The van der Waals surface area contributed by atoms with E-state index in [9.17, 15) is 13.2 Å². The highest BCUT2D eigenvalue weighted by molar-refractivity contribution is 7.92. The summed E-state index contributed by atoms with van der Waals surface area (Å²) in [5, 5.41) is 6.00. The highest BCUT2D eigenvalue weighted by Gasteiger charge is 2.36. The fourth-order valence-corrected chi connectivity index (χ4v) is 5.04. The SMILES string of the molecule is O=C(c1ccccc1)N1N=C(c2ccco2)C[C@H]1c1ccccc1NS(=O)(=O)c1ccccc1. The maximum atomic E-state index is 13.4. The number of para-hydroxylation sites is 1. The van der Waals surface area contributed by atoms with Crippen LogP contribution in [0.25, 0.3) is 0 Å². The molecule has 1 aromatic heterocycles. The van der Waals surface area contributed by atoms with Crippen LogP contribution in [0.3, 0.4) is 0 Å². The third-order valence-electron chi connectivity index (χ3n) is 5.56. The molecule has 1 atom stereocenters. The maximum absolute atomic E-state index is 13.4. The van der Waals surface area contributed by atoms with Crippen molar-refractivity contribution in [2.24, 2.45) is 5.10 Å². The van der Waals surface area contributed by atoms with Crippen LogP contribution in [-0.4, -0.2) is 25.0 Å². The molecule has 0 spiro atoms. The van der Waals surface area contributed by atoms with E-state index in [2.05, 4.69) is 9.82 Å². The molecule has 8 heteroatoms. The topological polar surface area (TPSA) is 92.0 Å². The highest BCUT2D eigenvalue weighted by Crippen LogP contribution is 2.38. The molecule has 170 valence electrons. The minimum Gasteiger partial charge on any atom is -0.463 e. The van der Waals surface area contributed by atoms with Crippen molar-refractivity contribution in [3.8, 4) is 0 Å². The van der Waals surface area contributed by atoms with Gasteiger partial charge in [-0.05, 0) is 42.5 Å². The number of rotatable bonds is 6. The number of nitrogens with one attached hydrogen (secondary N) is 1. The number of amides is 1. The summed E-state index contributed by atoms with van der Waals surface area (Å²) in [6, 6.07) is 27.1. The van der Waals surface area contributed by atoms with Crippen molar-refractivity contribution in [3.63, 3.8) is 0 Å². The van der Waals surface area contributed by atoms with E-state index in [0.29, 0.717) is 34.7 Å². The number of hydrogen-bond donors (Lipinski definition) is 1. The molecule has 0 aliphatic carbocycles.